The lowest BCUT2D eigenvalue weighted by molar-refractivity contribution is 0.102. The molecule has 0 aliphatic carbocycles. The van der Waals surface area contributed by atoms with Crippen molar-refractivity contribution in [1.82, 2.24) is 14.9 Å². The largest absolute Gasteiger partial charge is 0.372 e. The molecule has 1 amide bonds. The molecule has 7 nitrogen and oxygen atoms in total. The van der Waals surface area contributed by atoms with Gasteiger partial charge in [-0.05, 0) is 52.1 Å². The Labute approximate surface area is 167 Å². The van der Waals surface area contributed by atoms with Crippen LogP contribution in [0.25, 0.3) is 0 Å². The van der Waals surface area contributed by atoms with Crippen LogP contribution in [0.2, 0.25) is 0 Å². The summed E-state index contributed by atoms with van der Waals surface area (Å²) in [6, 6.07) is 9.72. The van der Waals surface area contributed by atoms with Gasteiger partial charge in [0.25, 0.3) is 5.91 Å². The maximum absolute atomic E-state index is 12.7. The van der Waals surface area contributed by atoms with Gasteiger partial charge in [-0.15, -0.1) is 0 Å². The zero-order valence-corrected chi connectivity index (χ0v) is 17.3. The molecule has 1 saturated heterocycles. The molecular weight excluding hydrogens is 352 g/mol. The van der Waals surface area contributed by atoms with Crippen LogP contribution in [0.5, 0.6) is 0 Å². The van der Waals surface area contributed by atoms with E-state index in [4.69, 9.17) is 0 Å². The Morgan fingerprint density at radius 2 is 1.71 bits per heavy atom. The summed E-state index contributed by atoms with van der Waals surface area (Å²) in [7, 11) is 2.12. The van der Waals surface area contributed by atoms with Gasteiger partial charge in [0.15, 0.2) is 0 Å². The molecule has 0 spiro atoms. The first kappa shape index (κ1) is 20.1. The van der Waals surface area contributed by atoms with Crippen molar-refractivity contribution in [3.8, 4) is 0 Å². The molecule has 2 heterocycles. The fourth-order valence-corrected chi connectivity index (χ4v) is 3.41. The molecule has 150 valence electrons. The summed E-state index contributed by atoms with van der Waals surface area (Å²) in [5.74, 6) is 1.22. The van der Waals surface area contributed by atoms with Crippen molar-refractivity contribution in [2.75, 3.05) is 61.4 Å². The number of aromatic nitrogens is 2. The average Bonchev–Trinajstić information content (AvgIpc) is 2.70. The molecule has 0 radical (unpaired) electrons. The number of likely N-dealkylation sites (N-methyl/N-ethyl adjacent to an activating group) is 1. The maximum atomic E-state index is 12.7. The molecule has 0 bridgehead atoms. The molecule has 1 aliphatic heterocycles. The molecule has 1 aromatic carbocycles. The fraction of sp³-hybridized carbons (Fsp3) is 0.476. The Morgan fingerprint density at radius 1 is 1.07 bits per heavy atom. The summed E-state index contributed by atoms with van der Waals surface area (Å²) >= 11 is 0. The van der Waals surface area contributed by atoms with Gasteiger partial charge in [-0.2, -0.15) is 0 Å². The van der Waals surface area contributed by atoms with Crippen LogP contribution in [-0.2, 0) is 0 Å². The molecule has 0 unspecified atom stereocenters. The highest BCUT2D eigenvalue weighted by Crippen LogP contribution is 2.19. The molecule has 2 aromatic rings. The summed E-state index contributed by atoms with van der Waals surface area (Å²) in [6.45, 7) is 11.8. The van der Waals surface area contributed by atoms with E-state index in [1.807, 2.05) is 31.2 Å². The SMILES string of the molecule is CCN(CC)c1ccc(NC(=O)c2cc(N3CCN(C)CC3)nc(C)n2)cc1. The third kappa shape index (κ3) is 4.78. The van der Waals surface area contributed by atoms with Gasteiger partial charge in [-0.25, -0.2) is 9.97 Å². The van der Waals surface area contributed by atoms with Crippen molar-refractivity contribution >= 4 is 23.1 Å². The second-order valence-corrected chi connectivity index (χ2v) is 7.12. The van der Waals surface area contributed by atoms with Crippen LogP contribution in [-0.4, -0.2) is 67.1 Å². The quantitative estimate of drug-likeness (QED) is 0.829. The van der Waals surface area contributed by atoms with Gasteiger partial charge in [0.05, 0.1) is 0 Å². The van der Waals surface area contributed by atoms with Gasteiger partial charge in [-0.3, -0.25) is 4.79 Å². The predicted molar refractivity (Wildman–Crippen MR) is 114 cm³/mol. The summed E-state index contributed by atoms with van der Waals surface area (Å²) in [6.07, 6.45) is 0. The van der Waals surface area contributed by atoms with Gasteiger partial charge in [0.2, 0.25) is 0 Å². The van der Waals surface area contributed by atoms with E-state index in [1.165, 1.54) is 0 Å². The van der Waals surface area contributed by atoms with Crippen LogP contribution < -0.4 is 15.1 Å². The van der Waals surface area contributed by atoms with E-state index >= 15 is 0 Å². The molecule has 7 heteroatoms. The zero-order valence-electron chi connectivity index (χ0n) is 17.3. The van der Waals surface area contributed by atoms with E-state index in [9.17, 15) is 4.79 Å². The Kier molecular flexibility index (Phi) is 6.46. The lowest BCUT2D eigenvalue weighted by atomic mass is 10.2. The molecule has 1 fully saturated rings. The van der Waals surface area contributed by atoms with Crippen molar-refractivity contribution in [3.63, 3.8) is 0 Å². The highest BCUT2D eigenvalue weighted by atomic mass is 16.1. The van der Waals surface area contributed by atoms with Gasteiger partial charge in [0, 0.05) is 56.7 Å². The fourth-order valence-electron chi connectivity index (χ4n) is 3.41. The van der Waals surface area contributed by atoms with E-state index in [1.54, 1.807) is 6.07 Å². The number of nitrogens with zero attached hydrogens (tertiary/aromatic N) is 5. The first-order valence-corrected chi connectivity index (χ1v) is 9.95. The van der Waals surface area contributed by atoms with Crippen LogP contribution in [0.15, 0.2) is 30.3 Å². The molecule has 1 N–H and O–H groups in total. The lowest BCUT2D eigenvalue weighted by Crippen LogP contribution is -2.45. The van der Waals surface area contributed by atoms with E-state index in [0.717, 1.165) is 56.5 Å². The van der Waals surface area contributed by atoms with E-state index in [2.05, 4.69) is 50.9 Å². The summed E-state index contributed by atoms with van der Waals surface area (Å²) in [4.78, 5) is 28.4. The standard InChI is InChI=1S/C21H30N6O/c1-5-26(6-2)18-9-7-17(8-10-18)24-21(28)19-15-20(23-16(3)22-19)27-13-11-25(4)12-14-27/h7-10,15H,5-6,11-14H2,1-4H3,(H,24,28). The van der Waals surface area contributed by atoms with Gasteiger partial charge >= 0.3 is 0 Å². The second-order valence-electron chi connectivity index (χ2n) is 7.12. The Bertz CT molecular complexity index is 795. The summed E-state index contributed by atoms with van der Waals surface area (Å²) < 4.78 is 0. The zero-order chi connectivity index (χ0) is 20.1. The third-order valence-corrected chi connectivity index (χ3v) is 5.14. The molecule has 3 rings (SSSR count). The minimum Gasteiger partial charge on any atom is -0.372 e. The van der Waals surface area contributed by atoms with E-state index in [0.29, 0.717) is 11.5 Å². The second kappa shape index (κ2) is 9.01. The Hall–Kier alpha value is -2.67. The minimum absolute atomic E-state index is 0.212. The lowest BCUT2D eigenvalue weighted by Gasteiger charge is -2.33. The van der Waals surface area contributed by atoms with Crippen LogP contribution >= 0.6 is 0 Å². The molecule has 0 saturated carbocycles. The number of carbonyl (C=O) groups excluding carboxylic acids is 1. The topological polar surface area (TPSA) is 64.6 Å². The van der Waals surface area contributed by atoms with Crippen LogP contribution in [0.4, 0.5) is 17.2 Å². The number of hydrogen-bond acceptors (Lipinski definition) is 6. The smallest absolute Gasteiger partial charge is 0.274 e. The van der Waals surface area contributed by atoms with Crippen LogP contribution in [0.1, 0.15) is 30.2 Å². The van der Waals surface area contributed by atoms with Crippen molar-refractivity contribution < 1.29 is 4.79 Å². The molecule has 1 aromatic heterocycles. The van der Waals surface area contributed by atoms with Crippen molar-refractivity contribution in [3.05, 3.63) is 41.9 Å². The van der Waals surface area contributed by atoms with Gasteiger partial charge in [-0.1, -0.05) is 0 Å². The third-order valence-electron chi connectivity index (χ3n) is 5.14. The number of amides is 1. The van der Waals surface area contributed by atoms with Crippen LogP contribution in [0, 0.1) is 6.92 Å². The number of benzene rings is 1. The number of carbonyl (C=O) groups is 1. The number of aryl methyl sites for hydroxylation is 1. The number of anilines is 3. The first-order valence-electron chi connectivity index (χ1n) is 9.95. The minimum atomic E-state index is -0.212. The van der Waals surface area contributed by atoms with Gasteiger partial charge < -0.3 is 20.0 Å². The van der Waals surface area contributed by atoms with Gasteiger partial charge in [0.1, 0.15) is 17.3 Å². The number of rotatable bonds is 6. The summed E-state index contributed by atoms with van der Waals surface area (Å²) in [5.41, 5.74) is 2.31. The Morgan fingerprint density at radius 3 is 2.32 bits per heavy atom. The van der Waals surface area contributed by atoms with Crippen LogP contribution in [0.3, 0.4) is 0 Å². The van der Waals surface area contributed by atoms with Crippen molar-refractivity contribution in [2.45, 2.75) is 20.8 Å². The van der Waals surface area contributed by atoms with E-state index < -0.39 is 0 Å². The predicted octanol–water partition coefficient (Wildman–Crippen LogP) is 2.64. The van der Waals surface area contributed by atoms with Crippen molar-refractivity contribution in [2.24, 2.45) is 0 Å². The maximum Gasteiger partial charge on any atom is 0.274 e. The number of nitrogens with one attached hydrogen (secondary N) is 1. The molecule has 1 aliphatic rings. The normalized spacial score (nSPS) is 14.8. The number of piperazine rings is 1. The Balaban J connectivity index is 1.72. The highest BCUT2D eigenvalue weighted by molar-refractivity contribution is 6.03. The average molecular weight is 383 g/mol. The monoisotopic (exact) mass is 382 g/mol. The molecule has 0 atom stereocenters. The molecule has 28 heavy (non-hydrogen) atoms. The summed E-state index contributed by atoms with van der Waals surface area (Å²) in [5, 5.41) is 2.95. The first-order chi connectivity index (χ1) is 13.5. The molecular formula is C21H30N6O. The number of hydrogen-bond donors (Lipinski definition) is 1. The highest BCUT2D eigenvalue weighted by Gasteiger charge is 2.18. The van der Waals surface area contributed by atoms with Crippen molar-refractivity contribution in [1.29, 1.82) is 0 Å². The van der Waals surface area contributed by atoms with E-state index in [-0.39, 0.29) is 5.91 Å².